The fraction of sp³-hybridized carbons (Fsp3) is 0.500. The second kappa shape index (κ2) is 10.7. The van der Waals surface area contributed by atoms with Crippen molar-refractivity contribution >= 4 is 29.1 Å². The third-order valence-corrected chi connectivity index (χ3v) is 7.07. The summed E-state index contributed by atoms with van der Waals surface area (Å²) in [5.41, 5.74) is 3.30. The van der Waals surface area contributed by atoms with Crippen LogP contribution in [0.4, 0.5) is 26.2 Å². The lowest BCUT2D eigenvalue weighted by Gasteiger charge is -2.38. The predicted molar refractivity (Wildman–Crippen MR) is 138 cm³/mol. The van der Waals surface area contributed by atoms with Gasteiger partial charge in [-0.05, 0) is 61.9 Å². The highest BCUT2D eigenvalue weighted by molar-refractivity contribution is 6.02. The molecule has 0 aromatic heterocycles. The Hall–Kier alpha value is -3.09. The first-order valence-electron chi connectivity index (χ1n) is 12.7. The first kappa shape index (κ1) is 25.0. The Morgan fingerprint density at radius 2 is 1.77 bits per heavy atom. The Morgan fingerprint density at radius 1 is 1.09 bits per heavy atom. The fourth-order valence-electron chi connectivity index (χ4n) is 5.16. The highest BCUT2D eigenvalue weighted by Gasteiger charge is 2.46. The number of rotatable bonds is 8. The van der Waals surface area contributed by atoms with Crippen molar-refractivity contribution in [3.63, 3.8) is 0 Å². The zero-order chi connectivity index (χ0) is 25.1. The summed E-state index contributed by atoms with van der Waals surface area (Å²) in [5.74, 6) is -1.89. The van der Waals surface area contributed by atoms with Crippen molar-refractivity contribution in [3.05, 3.63) is 53.3 Å². The second-order valence-electron chi connectivity index (χ2n) is 10.5. The Bertz CT molecular complexity index is 1060. The van der Waals surface area contributed by atoms with Gasteiger partial charge >= 0.3 is 12.0 Å². The van der Waals surface area contributed by atoms with Crippen LogP contribution in [0.1, 0.15) is 69.4 Å². The number of hydrogen-bond acceptors (Lipinski definition) is 3. The maximum Gasteiger partial charge on any atom is 0.323 e. The molecule has 7 heteroatoms. The summed E-state index contributed by atoms with van der Waals surface area (Å²) >= 11 is 0. The minimum atomic E-state index is -0.909. The van der Waals surface area contributed by atoms with Crippen molar-refractivity contribution in [1.29, 1.82) is 0 Å². The number of urea groups is 1. The smallest absolute Gasteiger partial charge is 0.323 e. The predicted octanol–water partition coefficient (Wildman–Crippen LogP) is 6.76. The summed E-state index contributed by atoms with van der Waals surface area (Å²) in [6.07, 6.45) is 5.97. The molecule has 2 aliphatic carbocycles. The summed E-state index contributed by atoms with van der Waals surface area (Å²) in [7, 11) is 0. The average Bonchev–Trinajstić information content (AvgIpc) is 3.62. The van der Waals surface area contributed by atoms with Crippen LogP contribution >= 0.6 is 0 Å². The third-order valence-electron chi connectivity index (χ3n) is 7.07. The monoisotopic (exact) mass is 481 g/mol. The molecular weight excluding hydrogens is 445 g/mol. The summed E-state index contributed by atoms with van der Waals surface area (Å²) < 4.78 is 15.4. The number of carbonyl (C=O) groups excluding carboxylic acids is 1. The van der Waals surface area contributed by atoms with E-state index < -0.39 is 23.7 Å². The van der Waals surface area contributed by atoms with Crippen molar-refractivity contribution in [3.8, 4) is 0 Å². The zero-order valence-electron chi connectivity index (χ0n) is 20.8. The van der Waals surface area contributed by atoms with Gasteiger partial charge in [0, 0.05) is 24.2 Å². The van der Waals surface area contributed by atoms with E-state index in [1.165, 1.54) is 12.5 Å². The van der Waals surface area contributed by atoms with E-state index in [9.17, 15) is 14.7 Å². The standard InChI is InChI=1S/C28H36FN3O3/c1-17(2)16-32(20-7-5-4-6-8-20)26-15-24(29)22(21-13-23(21)27(33)34)14-25(26)31-28(35)30-19-11-9-18(3)10-12-19/h9-12,14-15,17,20-21,23H,4-8,13,16H2,1-3H3,(H,33,34)(H2,30,31,35)/t21-,23-/m0/s1. The quantitative estimate of drug-likeness (QED) is 0.389. The molecule has 0 spiro atoms. The molecule has 188 valence electrons. The Morgan fingerprint density at radius 3 is 2.37 bits per heavy atom. The molecule has 0 bridgehead atoms. The summed E-state index contributed by atoms with van der Waals surface area (Å²) in [5, 5.41) is 15.2. The van der Waals surface area contributed by atoms with Crippen LogP contribution in [-0.4, -0.2) is 29.7 Å². The highest BCUT2D eigenvalue weighted by Crippen LogP contribution is 2.50. The van der Waals surface area contributed by atoms with Gasteiger partial charge in [0.15, 0.2) is 0 Å². The number of benzene rings is 2. The van der Waals surface area contributed by atoms with Crippen molar-refractivity contribution in [2.75, 3.05) is 22.1 Å². The van der Waals surface area contributed by atoms with Crippen molar-refractivity contribution in [2.45, 2.75) is 71.3 Å². The van der Waals surface area contributed by atoms with E-state index in [0.717, 1.165) is 37.8 Å². The molecule has 0 radical (unpaired) electrons. The van der Waals surface area contributed by atoms with Crippen molar-refractivity contribution in [2.24, 2.45) is 11.8 Å². The zero-order valence-corrected chi connectivity index (χ0v) is 20.8. The summed E-state index contributed by atoms with van der Waals surface area (Å²) in [4.78, 5) is 26.7. The van der Waals surface area contributed by atoms with E-state index in [4.69, 9.17) is 0 Å². The second-order valence-corrected chi connectivity index (χ2v) is 10.5. The molecule has 2 atom stereocenters. The molecule has 0 heterocycles. The van der Waals surface area contributed by atoms with Gasteiger partial charge in [-0.1, -0.05) is 50.8 Å². The van der Waals surface area contributed by atoms with Gasteiger partial charge in [-0.3, -0.25) is 4.79 Å². The van der Waals surface area contributed by atoms with Gasteiger partial charge in [-0.2, -0.15) is 0 Å². The number of nitrogens with one attached hydrogen (secondary N) is 2. The lowest BCUT2D eigenvalue weighted by molar-refractivity contribution is -0.138. The van der Waals surface area contributed by atoms with Crippen LogP contribution in [0.5, 0.6) is 0 Å². The van der Waals surface area contributed by atoms with Crippen LogP contribution in [0.25, 0.3) is 0 Å². The van der Waals surface area contributed by atoms with Gasteiger partial charge < -0.3 is 20.6 Å². The number of anilines is 3. The first-order chi connectivity index (χ1) is 16.7. The molecule has 2 aromatic rings. The third kappa shape index (κ3) is 6.13. The van der Waals surface area contributed by atoms with Gasteiger partial charge in [0.1, 0.15) is 5.82 Å². The molecule has 2 aliphatic rings. The van der Waals surface area contributed by atoms with E-state index in [-0.39, 0.29) is 12.0 Å². The number of amides is 2. The molecule has 2 saturated carbocycles. The number of aryl methyl sites for hydroxylation is 1. The normalized spacial score (nSPS) is 19.9. The van der Waals surface area contributed by atoms with Gasteiger partial charge in [0.25, 0.3) is 0 Å². The number of hydrogen-bond donors (Lipinski definition) is 3. The molecule has 35 heavy (non-hydrogen) atoms. The minimum absolute atomic E-state index is 0.282. The van der Waals surface area contributed by atoms with Gasteiger partial charge in [-0.25, -0.2) is 9.18 Å². The molecule has 2 amide bonds. The minimum Gasteiger partial charge on any atom is -0.481 e. The number of carbonyl (C=O) groups is 2. The molecule has 0 aliphatic heterocycles. The Labute approximate surface area is 206 Å². The van der Waals surface area contributed by atoms with E-state index in [2.05, 4.69) is 29.4 Å². The molecule has 6 nitrogen and oxygen atoms in total. The lowest BCUT2D eigenvalue weighted by atomic mass is 9.92. The fourth-order valence-corrected chi connectivity index (χ4v) is 5.16. The topological polar surface area (TPSA) is 81.7 Å². The van der Waals surface area contributed by atoms with Crippen molar-refractivity contribution in [1.82, 2.24) is 0 Å². The van der Waals surface area contributed by atoms with Crippen LogP contribution in [0.15, 0.2) is 36.4 Å². The molecule has 2 fully saturated rings. The van der Waals surface area contributed by atoms with Crippen LogP contribution in [0.2, 0.25) is 0 Å². The van der Waals surface area contributed by atoms with Crippen molar-refractivity contribution < 1.29 is 19.1 Å². The van der Waals surface area contributed by atoms with Gasteiger partial charge in [-0.15, -0.1) is 0 Å². The number of carboxylic acids is 1. The lowest BCUT2D eigenvalue weighted by Crippen LogP contribution is -2.40. The van der Waals surface area contributed by atoms with E-state index in [1.807, 2.05) is 31.2 Å². The van der Waals surface area contributed by atoms with Crippen LogP contribution in [-0.2, 0) is 4.79 Å². The number of aliphatic carboxylic acids is 1. The van der Waals surface area contributed by atoms with Gasteiger partial charge in [0.2, 0.25) is 0 Å². The Kier molecular flexibility index (Phi) is 7.63. The van der Waals surface area contributed by atoms with Gasteiger partial charge in [0.05, 0.1) is 17.3 Å². The maximum atomic E-state index is 15.4. The summed E-state index contributed by atoms with van der Waals surface area (Å²) in [6.45, 7) is 7.00. The number of carboxylic acid groups (broad SMARTS) is 1. The van der Waals surface area contributed by atoms with E-state index in [0.29, 0.717) is 35.0 Å². The molecule has 3 N–H and O–H groups in total. The molecule has 2 aromatic carbocycles. The van der Waals surface area contributed by atoms with Crippen LogP contribution in [0, 0.1) is 24.6 Å². The van der Waals surface area contributed by atoms with Crippen LogP contribution < -0.4 is 15.5 Å². The molecule has 0 unspecified atom stereocenters. The SMILES string of the molecule is Cc1ccc(NC(=O)Nc2cc([C@@H]3C[C@@H]3C(=O)O)c(F)cc2N(CC(C)C)C2CCCCC2)cc1. The average molecular weight is 482 g/mol. The first-order valence-corrected chi connectivity index (χ1v) is 12.7. The number of nitrogens with zero attached hydrogens (tertiary/aromatic N) is 1. The van der Waals surface area contributed by atoms with E-state index in [1.54, 1.807) is 6.07 Å². The highest BCUT2D eigenvalue weighted by atomic mass is 19.1. The Balaban J connectivity index is 1.67. The maximum absolute atomic E-state index is 15.4. The van der Waals surface area contributed by atoms with E-state index >= 15 is 4.39 Å². The molecule has 4 rings (SSSR count). The molecular formula is C28H36FN3O3. The largest absolute Gasteiger partial charge is 0.481 e. The molecule has 0 saturated heterocycles. The van der Waals surface area contributed by atoms with Crippen LogP contribution in [0.3, 0.4) is 0 Å². The summed E-state index contributed by atoms with van der Waals surface area (Å²) in [6, 6.07) is 10.5. The number of halogens is 1.